The molecule has 1 aliphatic heterocycles. The summed E-state index contributed by atoms with van der Waals surface area (Å²) in [4.78, 5) is 32.8. The minimum atomic E-state index is -0.146. The number of aromatic nitrogens is 1. The molecule has 28 heavy (non-hydrogen) atoms. The number of rotatable bonds is 4. The summed E-state index contributed by atoms with van der Waals surface area (Å²) in [5.74, 6) is 0.0887. The van der Waals surface area contributed by atoms with E-state index in [1.54, 1.807) is 40.4 Å². The Kier molecular flexibility index (Phi) is 5.05. The van der Waals surface area contributed by atoms with E-state index in [-0.39, 0.29) is 11.8 Å². The van der Waals surface area contributed by atoms with Gasteiger partial charge in [-0.15, -0.1) is 0 Å². The maximum atomic E-state index is 12.8. The van der Waals surface area contributed by atoms with E-state index >= 15 is 0 Å². The molecule has 1 saturated heterocycles. The average molecular weight is 376 g/mol. The molecule has 2 aromatic heterocycles. The molecule has 0 radical (unpaired) electrons. The van der Waals surface area contributed by atoms with Gasteiger partial charge in [0, 0.05) is 38.1 Å². The third-order valence-corrected chi connectivity index (χ3v) is 4.63. The molecule has 0 bridgehead atoms. The minimum Gasteiger partial charge on any atom is -0.459 e. The van der Waals surface area contributed by atoms with Crippen LogP contribution in [0.4, 0.5) is 11.4 Å². The molecular weight excluding hydrogens is 356 g/mol. The van der Waals surface area contributed by atoms with Crippen molar-refractivity contribution >= 4 is 23.2 Å². The number of carbonyl (C=O) groups is 2. The molecule has 7 nitrogen and oxygen atoms in total. The van der Waals surface area contributed by atoms with E-state index in [4.69, 9.17) is 4.42 Å². The van der Waals surface area contributed by atoms with Gasteiger partial charge in [-0.05, 0) is 30.3 Å². The van der Waals surface area contributed by atoms with Crippen LogP contribution in [-0.2, 0) is 0 Å². The fourth-order valence-corrected chi connectivity index (χ4v) is 3.16. The number of nitrogens with one attached hydrogen (secondary N) is 1. The summed E-state index contributed by atoms with van der Waals surface area (Å²) in [6, 6.07) is 14.9. The van der Waals surface area contributed by atoms with Gasteiger partial charge in [0.15, 0.2) is 5.76 Å². The zero-order chi connectivity index (χ0) is 19.3. The van der Waals surface area contributed by atoms with Crippen molar-refractivity contribution in [3.8, 4) is 0 Å². The molecule has 1 aliphatic rings. The molecular formula is C21H20N4O3. The van der Waals surface area contributed by atoms with Gasteiger partial charge in [0.25, 0.3) is 11.8 Å². The summed E-state index contributed by atoms with van der Waals surface area (Å²) in [6.45, 7) is 1.89. The number of hydrogen-bond donors (Lipinski definition) is 1. The summed E-state index contributed by atoms with van der Waals surface area (Å²) in [7, 11) is 0. The van der Waals surface area contributed by atoms with E-state index in [0.717, 1.165) is 11.4 Å². The van der Waals surface area contributed by atoms with Gasteiger partial charge in [0.05, 0.1) is 23.7 Å². The fraction of sp³-hybridized carbons (Fsp3) is 0.190. The SMILES string of the molecule is O=C(c1cncc(Nc2ccccc2)c1)N1CCN(C(=O)c2ccco2)CC1. The van der Waals surface area contributed by atoms with Crippen molar-refractivity contribution in [1.29, 1.82) is 0 Å². The first-order valence-corrected chi connectivity index (χ1v) is 9.10. The number of para-hydroxylation sites is 1. The second kappa shape index (κ2) is 7.96. The van der Waals surface area contributed by atoms with Gasteiger partial charge in [-0.3, -0.25) is 14.6 Å². The van der Waals surface area contributed by atoms with Crippen molar-refractivity contribution in [1.82, 2.24) is 14.8 Å². The van der Waals surface area contributed by atoms with Gasteiger partial charge in [0.2, 0.25) is 0 Å². The fourth-order valence-electron chi connectivity index (χ4n) is 3.16. The maximum Gasteiger partial charge on any atom is 0.289 e. The molecule has 3 heterocycles. The van der Waals surface area contributed by atoms with Crippen LogP contribution >= 0.6 is 0 Å². The Morgan fingerprint density at radius 3 is 2.25 bits per heavy atom. The molecule has 4 rings (SSSR count). The third kappa shape index (κ3) is 3.88. The third-order valence-electron chi connectivity index (χ3n) is 4.63. The Morgan fingerprint density at radius 1 is 0.857 bits per heavy atom. The standard InChI is InChI=1S/C21H20N4O3/c26-20(16-13-18(15-22-14-16)23-17-5-2-1-3-6-17)24-8-10-25(11-9-24)21(27)19-7-4-12-28-19/h1-7,12-15,23H,8-11H2. The first-order valence-electron chi connectivity index (χ1n) is 9.10. The van der Waals surface area contributed by atoms with E-state index < -0.39 is 0 Å². The molecule has 1 fully saturated rings. The first kappa shape index (κ1) is 17.8. The van der Waals surface area contributed by atoms with Crippen LogP contribution in [0, 0.1) is 0 Å². The maximum absolute atomic E-state index is 12.8. The van der Waals surface area contributed by atoms with Crippen molar-refractivity contribution in [3.63, 3.8) is 0 Å². The number of anilines is 2. The lowest BCUT2D eigenvalue weighted by molar-refractivity contribution is 0.0518. The summed E-state index contributed by atoms with van der Waals surface area (Å²) >= 11 is 0. The molecule has 0 aliphatic carbocycles. The Morgan fingerprint density at radius 2 is 1.57 bits per heavy atom. The minimum absolute atomic E-state index is 0.0886. The molecule has 0 saturated carbocycles. The lowest BCUT2D eigenvalue weighted by Gasteiger charge is -2.34. The van der Waals surface area contributed by atoms with E-state index in [9.17, 15) is 9.59 Å². The monoisotopic (exact) mass is 376 g/mol. The number of amides is 2. The highest BCUT2D eigenvalue weighted by Crippen LogP contribution is 2.18. The predicted molar refractivity (Wildman–Crippen MR) is 104 cm³/mol. The molecule has 0 atom stereocenters. The number of benzene rings is 1. The van der Waals surface area contributed by atoms with E-state index in [1.165, 1.54) is 6.26 Å². The summed E-state index contributed by atoms with van der Waals surface area (Å²) in [5.41, 5.74) is 2.20. The van der Waals surface area contributed by atoms with Crippen molar-refractivity contribution in [2.45, 2.75) is 0 Å². The van der Waals surface area contributed by atoms with Gasteiger partial charge >= 0.3 is 0 Å². The molecule has 1 N–H and O–H groups in total. The lowest BCUT2D eigenvalue weighted by atomic mass is 10.2. The predicted octanol–water partition coefficient (Wildman–Crippen LogP) is 3.02. The number of hydrogen-bond acceptors (Lipinski definition) is 5. The van der Waals surface area contributed by atoms with Crippen LogP contribution < -0.4 is 5.32 Å². The summed E-state index contributed by atoms with van der Waals surface area (Å²) < 4.78 is 5.17. The second-order valence-corrected chi connectivity index (χ2v) is 6.52. The average Bonchev–Trinajstić information content (AvgIpc) is 3.29. The number of pyridine rings is 1. The normalized spacial score (nSPS) is 14.0. The van der Waals surface area contributed by atoms with E-state index in [2.05, 4.69) is 10.3 Å². The highest BCUT2D eigenvalue weighted by molar-refractivity contribution is 5.95. The van der Waals surface area contributed by atoms with Crippen LogP contribution in [0.15, 0.2) is 71.6 Å². The lowest BCUT2D eigenvalue weighted by Crippen LogP contribution is -2.50. The van der Waals surface area contributed by atoms with Crippen LogP contribution in [0.3, 0.4) is 0 Å². The van der Waals surface area contributed by atoms with Crippen LogP contribution in [0.2, 0.25) is 0 Å². The number of carbonyl (C=O) groups excluding carboxylic acids is 2. The van der Waals surface area contributed by atoms with Gasteiger partial charge in [-0.1, -0.05) is 18.2 Å². The number of furan rings is 1. The first-order chi connectivity index (χ1) is 13.7. The van der Waals surface area contributed by atoms with Crippen molar-refractivity contribution < 1.29 is 14.0 Å². The van der Waals surface area contributed by atoms with Crippen LogP contribution in [0.1, 0.15) is 20.9 Å². The zero-order valence-electron chi connectivity index (χ0n) is 15.2. The zero-order valence-corrected chi connectivity index (χ0v) is 15.2. The second-order valence-electron chi connectivity index (χ2n) is 6.52. The van der Waals surface area contributed by atoms with E-state index in [0.29, 0.717) is 37.5 Å². The van der Waals surface area contributed by atoms with Crippen molar-refractivity contribution in [3.05, 3.63) is 78.5 Å². The Hall–Kier alpha value is -3.61. The largest absolute Gasteiger partial charge is 0.459 e. The number of piperazine rings is 1. The van der Waals surface area contributed by atoms with Gasteiger partial charge in [-0.25, -0.2) is 0 Å². The topological polar surface area (TPSA) is 78.7 Å². The molecule has 7 heteroatoms. The molecule has 142 valence electrons. The van der Waals surface area contributed by atoms with E-state index in [1.807, 2.05) is 30.3 Å². The highest BCUT2D eigenvalue weighted by atomic mass is 16.3. The molecule has 1 aromatic carbocycles. The Bertz CT molecular complexity index is 949. The van der Waals surface area contributed by atoms with Gasteiger partial charge in [-0.2, -0.15) is 0 Å². The van der Waals surface area contributed by atoms with Crippen molar-refractivity contribution in [2.24, 2.45) is 0 Å². The quantitative estimate of drug-likeness (QED) is 0.757. The van der Waals surface area contributed by atoms with Crippen LogP contribution in [-0.4, -0.2) is 52.8 Å². The van der Waals surface area contributed by atoms with Crippen LogP contribution in [0.5, 0.6) is 0 Å². The summed E-state index contributed by atoms with van der Waals surface area (Å²) in [6.07, 6.45) is 4.74. The van der Waals surface area contributed by atoms with Gasteiger partial charge in [0.1, 0.15) is 0 Å². The Labute approximate surface area is 162 Å². The molecule has 3 aromatic rings. The summed E-state index contributed by atoms with van der Waals surface area (Å²) in [5, 5.41) is 3.24. The van der Waals surface area contributed by atoms with Gasteiger partial charge < -0.3 is 19.5 Å². The van der Waals surface area contributed by atoms with Crippen molar-refractivity contribution in [2.75, 3.05) is 31.5 Å². The molecule has 0 spiro atoms. The Balaban J connectivity index is 1.39. The molecule has 2 amide bonds. The smallest absolute Gasteiger partial charge is 0.289 e. The highest BCUT2D eigenvalue weighted by Gasteiger charge is 2.26. The molecule has 0 unspecified atom stereocenters. The van der Waals surface area contributed by atoms with Crippen LogP contribution in [0.25, 0.3) is 0 Å². The number of nitrogens with zero attached hydrogens (tertiary/aromatic N) is 3.